The summed E-state index contributed by atoms with van der Waals surface area (Å²) in [4.78, 5) is 93.3. The molecule has 35 heteroatoms. The molecule has 30 atom stereocenters. The highest BCUT2D eigenvalue weighted by Crippen LogP contribution is 2.43. The number of aliphatic hydroxyl groups excluding tert-OH is 10. The van der Waals surface area contributed by atoms with E-state index in [0.717, 1.165) is 64.2 Å². The van der Waals surface area contributed by atoms with Crippen LogP contribution >= 0.6 is 0 Å². The Labute approximate surface area is 605 Å². The highest BCUT2D eigenvalue weighted by Gasteiger charge is 2.56. The van der Waals surface area contributed by atoms with E-state index in [1.54, 1.807) is 0 Å². The van der Waals surface area contributed by atoms with Crippen molar-refractivity contribution >= 4 is 41.6 Å². The predicted molar refractivity (Wildman–Crippen MR) is 358 cm³/mol. The van der Waals surface area contributed by atoms with E-state index in [4.69, 9.17) is 47.4 Å². The number of amides is 6. The number of carbonyl (C=O) groups excluding carboxylic acids is 5. The summed E-state index contributed by atoms with van der Waals surface area (Å²) in [6.45, 7) is 6.99. The summed E-state index contributed by atoms with van der Waals surface area (Å²) in [6, 6.07) is -3.49. The van der Waals surface area contributed by atoms with E-state index in [9.17, 15) is 94.8 Å². The first-order valence-corrected chi connectivity index (χ1v) is 37.3. The summed E-state index contributed by atoms with van der Waals surface area (Å²) in [5.74, 6) is -7.64. The van der Waals surface area contributed by atoms with Crippen molar-refractivity contribution in [3.63, 3.8) is 0 Å². The number of hydrogen-bond donors (Lipinski definition) is 18. The second-order valence-corrected chi connectivity index (χ2v) is 29.6. The molecule has 8 rings (SSSR count). The monoisotopic (exact) mass is 1490 g/mol. The third-order valence-corrected chi connectivity index (χ3v) is 22.1. The van der Waals surface area contributed by atoms with Crippen LogP contribution in [0, 0.1) is 35.5 Å². The molecule has 4 heterocycles. The molecular weight excluding hydrogens is 1380 g/mol. The molecule has 0 aromatic carbocycles. The second-order valence-electron chi connectivity index (χ2n) is 29.6. The Bertz CT molecular complexity index is 2560. The molecule has 0 bridgehead atoms. The van der Waals surface area contributed by atoms with Crippen molar-refractivity contribution in [2.24, 2.45) is 35.5 Å². The van der Waals surface area contributed by atoms with Crippen molar-refractivity contribution in [3.8, 4) is 0 Å². The normalized spacial score (nSPS) is 39.5. The number of rotatable bonds is 32. The first-order chi connectivity index (χ1) is 49.5. The standard InChI is InChI=1S/C69H116N6O29/c1-7-37-25-39(27-41(57(37)103-67-55(86)53(84)49(80)31(3)95-67)99-65-47(74-33(5)78)59(51(82)45(29-76)101-65)97-43(63(90)91)23-35-15-11-9-12-16-35)61(88)70-19-21-72-69(94)73-22-20-71-62(89)40-26-38(8-2)58(104-68-56(87)54(85)50(81)32(4)96-68)42(28-40)100-66-48(75-34(6)79)60(52(83)46(30-77)102-66)98-44(64(92)93)24-36-17-13-10-14-18-36/h31-32,35-60,65-68,76-77,80-87H,7-30H2,1-6H3,(H,70,88)(H,71,89)(H,74,78)(H,75,79)(H,90,91)(H,92,93)(H2,72,73,94)/t31-,32-,37-,38-,39+,40+,41+,42+,43-,44-,45+,46+,47+,48+,49+,50+,51-,52-,53+,54+,55-,56-,57+,58+,59+,60+,65+,66+,67-,68-/m0/s1. The number of hydrogen-bond acceptors (Lipinski definition) is 27. The summed E-state index contributed by atoms with van der Waals surface area (Å²) < 4.78 is 62.7. The summed E-state index contributed by atoms with van der Waals surface area (Å²) in [6.07, 6.45) is -25.0. The second kappa shape index (κ2) is 40.1. The molecule has 0 aromatic heterocycles. The Morgan fingerprint density at radius 1 is 0.433 bits per heavy atom. The molecule has 18 N–H and O–H groups in total. The van der Waals surface area contributed by atoms with E-state index in [1.807, 2.05) is 13.8 Å². The number of carboxylic acids is 2. The van der Waals surface area contributed by atoms with Gasteiger partial charge in [-0.05, 0) is 76.0 Å². The minimum absolute atomic E-state index is 0.0106. The van der Waals surface area contributed by atoms with Crippen LogP contribution in [0.15, 0.2) is 0 Å². The van der Waals surface area contributed by atoms with Gasteiger partial charge in [0.2, 0.25) is 23.6 Å². The lowest BCUT2D eigenvalue weighted by molar-refractivity contribution is -0.338. The number of urea groups is 1. The van der Waals surface area contributed by atoms with Crippen molar-refractivity contribution in [3.05, 3.63) is 0 Å². The number of aliphatic hydroxyl groups is 10. The number of ether oxygens (including phenoxy) is 10. The lowest BCUT2D eigenvalue weighted by Gasteiger charge is -2.49. The zero-order chi connectivity index (χ0) is 75.8. The Balaban J connectivity index is 0.905. The number of aliphatic carboxylic acids is 2. The Hall–Kier alpha value is -4.71. The number of nitrogens with one attached hydrogen (secondary N) is 6. The lowest BCUT2D eigenvalue weighted by Crippen LogP contribution is -2.67. The smallest absolute Gasteiger partial charge is 0.332 e. The quantitative estimate of drug-likeness (QED) is 0.0306. The van der Waals surface area contributed by atoms with Crippen molar-refractivity contribution in [1.29, 1.82) is 0 Å². The van der Waals surface area contributed by atoms with Crippen molar-refractivity contribution in [2.45, 2.75) is 316 Å². The maximum absolute atomic E-state index is 14.3. The molecule has 0 radical (unpaired) electrons. The SMILES string of the molecule is CC[C@H]1C[C@@H](C(=O)NCCNC(=O)NCCNC(=O)[C@@H]2C[C@H](CC)[C@@H](O[C@@H]3O[C@@H](C)[C@@H](O)[C@@H](O)[C@@H]3O)[C@H](O[C@@H]3O[C@H](CO)[C@H](O)[C@H](O[C@@H](CC4CCCCC4)C(=O)O)[C@H]3NC(C)=O)C2)C[C@@H](O[C@@H]2O[C@H](CO)[C@H](O)[C@H](O[C@@H](CC3CCCCC3)C(=O)O)[C@H]2NC(C)=O)[C@@H]1O[C@@H]1O[C@@H](C)[C@@H](O)[C@@H](O)[C@@H]1O. The topological polar surface area (TPSA) is 527 Å². The third kappa shape index (κ3) is 22.3. The molecule has 8 aliphatic rings. The highest BCUT2D eigenvalue weighted by atomic mass is 16.7. The molecule has 0 spiro atoms. The van der Waals surface area contributed by atoms with Gasteiger partial charge in [0.25, 0.3) is 0 Å². The molecule has 4 aliphatic carbocycles. The number of carbonyl (C=O) groups is 7. The maximum atomic E-state index is 14.3. The average molecular weight is 1490 g/mol. The molecule has 0 unspecified atom stereocenters. The van der Waals surface area contributed by atoms with Gasteiger partial charge in [-0.2, -0.15) is 0 Å². The van der Waals surface area contributed by atoms with E-state index < -0.39 is 238 Å². The van der Waals surface area contributed by atoms with Crippen LogP contribution in [0.1, 0.15) is 157 Å². The Morgan fingerprint density at radius 2 is 0.788 bits per heavy atom. The van der Waals surface area contributed by atoms with Gasteiger partial charge < -0.3 is 141 Å². The Kier molecular flexibility index (Phi) is 32.7. The van der Waals surface area contributed by atoms with Crippen LogP contribution in [0.25, 0.3) is 0 Å². The molecule has 8 fully saturated rings. The van der Waals surface area contributed by atoms with Crippen molar-refractivity contribution in [1.82, 2.24) is 31.9 Å². The van der Waals surface area contributed by atoms with Gasteiger partial charge in [-0.25, -0.2) is 14.4 Å². The van der Waals surface area contributed by atoms with Crippen LogP contribution in [-0.2, 0) is 76.1 Å². The maximum Gasteiger partial charge on any atom is 0.332 e. The van der Waals surface area contributed by atoms with Crippen LogP contribution in [0.5, 0.6) is 0 Å². The average Bonchev–Trinajstić information content (AvgIpc) is 0.777. The van der Waals surface area contributed by atoms with Gasteiger partial charge >= 0.3 is 18.0 Å². The number of carboxylic acid groups (broad SMARTS) is 2. The molecule has 4 aliphatic heterocycles. The van der Waals surface area contributed by atoms with Gasteiger partial charge in [0.15, 0.2) is 37.4 Å². The predicted octanol–water partition coefficient (Wildman–Crippen LogP) is -2.63. The van der Waals surface area contributed by atoms with Crippen LogP contribution in [0.2, 0.25) is 0 Å². The fraction of sp³-hybridized carbons (Fsp3) is 0.899. The zero-order valence-electron chi connectivity index (χ0n) is 60.3. The molecule has 35 nitrogen and oxygen atoms in total. The Morgan fingerprint density at radius 3 is 1.12 bits per heavy atom. The first-order valence-electron chi connectivity index (χ1n) is 37.3. The van der Waals surface area contributed by atoms with Crippen LogP contribution in [0.3, 0.4) is 0 Å². The molecule has 0 aromatic rings. The summed E-state index contributed by atoms with van der Waals surface area (Å²) in [5, 5.41) is 146. The van der Waals surface area contributed by atoms with E-state index >= 15 is 0 Å². The minimum Gasteiger partial charge on any atom is -0.479 e. The first kappa shape index (κ1) is 84.9. The van der Waals surface area contributed by atoms with Crippen molar-refractivity contribution < 1.29 is 142 Å². The summed E-state index contributed by atoms with van der Waals surface area (Å²) in [5.41, 5.74) is 0. The van der Waals surface area contributed by atoms with Crippen LogP contribution < -0.4 is 31.9 Å². The minimum atomic E-state index is -1.75. The van der Waals surface area contributed by atoms with E-state index in [1.165, 1.54) is 27.7 Å². The molecular formula is C69H116N6O29. The molecule has 104 heavy (non-hydrogen) atoms. The van der Waals surface area contributed by atoms with E-state index in [2.05, 4.69) is 31.9 Å². The lowest BCUT2D eigenvalue weighted by atomic mass is 9.75. The molecule has 6 amide bonds. The molecule has 4 saturated heterocycles. The van der Waals surface area contributed by atoms with E-state index in [-0.39, 0.29) is 76.5 Å². The summed E-state index contributed by atoms with van der Waals surface area (Å²) >= 11 is 0. The summed E-state index contributed by atoms with van der Waals surface area (Å²) in [7, 11) is 0. The third-order valence-electron chi connectivity index (χ3n) is 22.1. The fourth-order valence-electron chi connectivity index (χ4n) is 16.2. The van der Waals surface area contributed by atoms with Gasteiger partial charge in [0.05, 0.1) is 49.8 Å². The molecule has 4 saturated carbocycles. The van der Waals surface area contributed by atoms with Crippen LogP contribution in [-0.4, -0.2) is 302 Å². The van der Waals surface area contributed by atoms with Crippen molar-refractivity contribution in [2.75, 3.05) is 39.4 Å². The van der Waals surface area contributed by atoms with Gasteiger partial charge in [-0.1, -0.05) is 90.9 Å². The van der Waals surface area contributed by atoms with Gasteiger partial charge in [-0.3, -0.25) is 19.2 Å². The van der Waals surface area contributed by atoms with Gasteiger partial charge in [0, 0.05) is 51.9 Å². The highest BCUT2D eigenvalue weighted by molar-refractivity contribution is 5.80. The zero-order valence-corrected chi connectivity index (χ0v) is 60.3. The largest absolute Gasteiger partial charge is 0.479 e. The van der Waals surface area contributed by atoms with Gasteiger partial charge in [0.1, 0.15) is 85.3 Å². The van der Waals surface area contributed by atoms with Crippen LogP contribution in [0.4, 0.5) is 4.79 Å². The van der Waals surface area contributed by atoms with E-state index in [0.29, 0.717) is 12.8 Å². The van der Waals surface area contributed by atoms with Gasteiger partial charge in [-0.15, -0.1) is 0 Å². The molecule has 596 valence electrons. The fourth-order valence-corrected chi connectivity index (χ4v) is 16.2.